The monoisotopic (exact) mass is 402 g/mol. The van der Waals surface area contributed by atoms with E-state index >= 15 is 0 Å². The van der Waals surface area contributed by atoms with Crippen LogP contribution in [0.1, 0.15) is 38.4 Å². The third-order valence-electron chi connectivity index (χ3n) is 4.67. The van der Waals surface area contributed by atoms with Gasteiger partial charge < -0.3 is 5.11 Å². The van der Waals surface area contributed by atoms with Crippen molar-refractivity contribution in [1.29, 1.82) is 0 Å². The summed E-state index contributed by atoms with van der Waals surface area (Å²) in [5.74, 6) is 0. The second-order valence-electron chi connectivity index (χ2n) is 7.10. The number of aromatic nitrogens is 4. The Morgan fingerprint density at radius 3 is 1.73 bits per heavy atom. The number of rotatable bonds is 6. The highest BCUT2D eigenvalue weighted by Crippen LogP contribution is 2.08. The van der Waals surface area contributed by atoms with Crippen molar-refractivity contribution < 1.29 is 9.90 Å². The first-order chi connectivity index (χ1) is 14.6. The molecule has 0 radical (unpaired) electrons. The lowest BCUT2D eigenvalue weighted by atomic mass is 10.2. The van der Waals surface area contributed by atoms with Crippen LogP contribution in [0.2, 0.25) is 0 Å². The molecule has 30 heavy (non-hydrogen) atoms. The number of benzene rings is 2. The average molecular weight is 402 g/mol. The minimum atomic E-state index is 0.00756. The van der Waals surface area contributed by atoms with E-state index in [2.05, 4.69) is 22.3 Å². The summed E-state index contributed by atoms with van der Waals surface area (Å²) in [7, 11) is 0. The number of hydrogen-bond acceptors (Lipinski definition) is 4. The summed E-state index contributed by atoms with van der Waals surface area (Å²) >= 11 is 0. The minimum absolute atomic E-state index is 0.00756. The number of hydrogen-bond donors (Lipinski definition) is 1. The van der Waals surface area contributed by atoms with Crippen molar-refractivity contribution in [3.63, 3.8) is 0 Å². The summed E-state index contributed by atoms with van der Waals surface area (Å²) < 4.78 is 3.64. The summed E-state index contributed by atoms with van der Waals surface area (Å²) in [6, 6.07) is 20.2. The summed E-state index contributed by atoms with van der Waals surface area (Å²) in [5.41, 5.74) is 5.62. The summed E-state index contributed by atoms with van der Waals surface area (Å²) in [6.07, 6.45) is 4.63. The van der Waals surface area contributed by atoms with Crippen LogP contribution in [0, 0.1) is 13.8 Å². The molecule has 0 bridgehead atoms. The molecule has 0 fully saturated rings. The molecule has 0 unspecified atom stereocenters. The normalized spacial score (nSPS) is 10.4. The van der Waals surface area contributed by atoms with Crippen molar-refractivity contribution in [2.24, 2.45) is 0 Å². The maximum atomic E-state index is 10.6. The Hall–Kier alpha value is -3.51. The molecule has 4 rings (SSSR count). The molecular weight excluding hydrogens is 376 g/mol. The number of aldehydes is 1. The molecule has 154 valence electrons. The Morgan fingerprint density at radius 2 is 1.30 bits per heavy atom. The van der Waals surface area contributed by atoms with Gasteiger partial charge in [-0.25, -0.2) is 0 Å². The largest absolute Gasteiger partial charge is 0.390 e. The average Bonchev–Trinajstić information content (AvgIpc) is 3.30. The molecule has 0 saturated heterocycles. The molecule has 2 aromatic heterocycles. The second kappa shape index (κ2) is 10.3. The fourth-order valence-corrected chi connectivity index (χ4v) is 3.07. The van der Waals surface area contributed by atoms with Crippen LogP contribution in [0.3, 0.4) is 0 Å². The van der Waals surface area contributed by atoms with Crippen molar-refractivity contribution in [2.45, 2.75) is 33.5 Å². The molecule has 6 heteroatoms. The van der Waals surface area contributed by atoms with Crippen molar-refractivity contribution in [3.05, 3.63) is 107 Å². The molecule has 6 nitrogen and oxygen atoms in total. The van der Waals surface area contributed by atoms with Crippen LogP contribution in [0.4, 0.5) is 0 Å². The van der Waals surface area contributed by atoms with Gasteiger partial charge in [0.05, 0.1) is 25.4 Å². The SMILES string of the molecule is Cc1cn(Cc2ccccc2)nc1C=O.Cc1cn(Cc2ccccc2)nc1CO. The quantitative estimate of drug-likeness (QED) is 0.498. The van der Waals surface area contributed by atoms with Crippen LogP contribution in [0.15, 0.2) is 73.1 Å². The predicted octanol–water partition coefficient (Wildman–Crippen LogP) is 3.78. The lowest BCUT2D eigenvalue weighted by Crippen LogP contribution is -2.00. The zero-order valence-corrected chi connectivity index (χ0v) is 17.3. The number of nitrogens with zero attached hydrogens (tertiary/aromatic N) is 4. The Kier molecular flexibility index (Phi) is 7.29. The van der Waals surface area contributed by atoms with E-state index in [1.165, 1.54) is 11.1 Å². The molecule has 0 aliphatic carbocycles. The van der Waals surface area contributed by atoms with Crippen LogP contribution in [-0.4, -0.2) is 31.0 Å². The van der Waals surface area contributed by atoms with Gasteiger partial charge in [0.25, 0.3) is 0 Å². The van der Waals surface area contributed by atoms with E-state index in [9.17, 15) is 4.79 Å². The van der Waals surface area contributed by atoms with Gasteiger partial charge in [0, 0.05) is 12.4 Å². The van der Waals surface area contributed by atoms with Crippen molar-refractivity contribution in [2.75, 3.05) is 0 Å². The Morgan fingerprint density at radius 1 is 0.800 bits per heavy atom. The smallest absolute Gasteiger partial charge is 0.170 e. The summed E-state index contributed by atoms with van der Waals surface area (Å²) in [6.45, 7) is 5.31. The molecule has 0 atom stereocenters. The number of carbonyl (C=O) groups is 1. The summed E-state index contributed by atoms with van der Waals surface area (Å²) in [5, 5.41) is 17.5. The van der Waals surface area contributed by atoms with Crippen LogP contribution in [-0.2, 0) is 19.7 Å². The first kappa shape index (κ1) is 21.2. The van der Waals surface area contributed by atoms with Crippen molar-refractivity contribution in [3.8, 4) is 0 Å². The fraction of sp³-hybridized carbons (Fsp3) is 0.208. The van der Waals surface area contributed by atoms with Crippen LogP contribution >= 0.6 is 0 Å². The lowest BCUT2D eigenvalue weighted by Gasteiger charge is -2.00. The number of aliphatic hydroxyl groups excluding tert-OH is 1. The zero-order valence-electron chi connectivity index (χ0n) is 17.3. The Balaban J connectivity index is 0.000000171. The van der Waals surface area contributed by atoms with Crippen LogP contribution < -0.4 is 0 Å². The molecule has 1 N–H and O–H groups in total. The predicted molar refractivity (Wildman–Crippen MR) is 116 cm³/mol. The second-order valence-corrected chi connectivity index (χ2v) is 7.10. The van der Waals surface area contributed by atoms with E-state index in [1.807, 2.05) is 79.5 Å². The first-order valence-corrected chi connectivity index (χ1v) is 9.80. The maximum Gasteiger partial charge on any atom is 0.170 e. The first-order valence-electron chi connectivity index (χ1n) is 9.80. The number of aliphatic hydroxyl groups is 1. The lowest BCUT2D eigenvalue weighted by molar-refractivity contribution is 0.111. The molecule has 0 aliphatic rings. The van der Waals surface area contributed by atoms with Gasteiger partial charge in [-0.3, -0.25) is 14.2 Å². The molecule has 2 heterocycles. The molecule has 0 saturated carbocycles. The third kappa shape index (κ3) is 5.75. The van der Waals surface area contributed by atoms with Crippen molar-refractivity contribution >= 4 is 6.29 Å². The van der Waals surface area contributed by atoms with Crippen molar-refractivity contribution in [1.82, 2.24) is 19.6 Å². The molecule has 2 aromatic carbocycles. The molecular formula is C24H26N4O2. The van der Waals surface area contributed by atoms with Gasteiger partial charge in [-0.15, -0.1) is 0 Å². The van der Waals surface area contributed by atoms with Gasteiger partial charge >= 0.3 is 0 Å². The van der Waals surface area contributed by atoms with Gasteiger partial charge in [-0.05, 0) is 36.1 Å². The zero-order chi connectivity index (χ0) is 21.3. The maximum absolute atomic E-state index is 10.6. The molecule has 4 aromatic rings. The standard InChI is InChI=1S/C12H14N2O.C12H12N2O/c2*1-10-7-14(13-12(10)9-15)8-11-5-3-2-4-6-11/h2-7,15H,8-9H2,1H3;2-7,9H,8H2,1H3. The minimum Gasteiger partial charge on any atom is -0.390 e. The Bertz CT molecular complexity index is 1070. The highest BCUT2D eigenvalue weighted by Gasteiger charge is 2.04. The molecule has 0 amide bonds. The highest BCUT2D eigenvalue weighted by atomic mass is 16.3. The number of aryl methyl sites for hydroxylation is 2. The molecule has 0 spiro atoms. The van der Waals surface area contributed by atoms with E-state index in [1.54, 1.807) is 4.68 Å². The van der Waals surface area contributed by atoms with Gasteiger partial charge in [0.15, 0.2) is 6.29 Å². The Labute approximate surface area is 176 Å². The number of carbonyl (C=O) groups excluding carboxylic acids is 1. The van der Waals surface area contributed by atoms with Gasteiger partial charge in [-0.2, -0.15) is 10.2 Å². The third-order valence-corrected chi connectivity index (χ3v) is 4.67. The molecule has 0 aliphatic heterocycles. The van der Waals surface area contributed by atoms with E-state index < -0.39 is 0 Å². The van der Waals surface area contributed by atoms with Gasteiger partial charge in [0.1, 0.15) is 5.69 Å². The van der Waals surface area contributed by atoms with E-state index in [-0.39, 0.29) is 6.61 Å². The van der Waals surface area contributed by atoms with Crippen LogP contribution in [0.5, 0.6) is 0 Å². The van der Waals surface area contributed by atoms with Gasteiger partial charge in [0.2, 0.25) is 0 Å². The topological polar surface area (TPSA) is 72.9 Å². The summed E-state index contributed by atoms with van der Waals surface area (Å²) in [4.78, 5) is 10.6. The van der Waals surface area contributed by atoms with E-state index in [0.29, 0.717) is 12.2 Å². The van der Waals surface area contributed by atoms with E-state index in [0.717, 1.165) is 29.7 Å². The van der Waals surface area contributed by atoms with Gasteiger partial charge in [-0.1, -0.05) is 60.7 Å². The highest BCUT2D eigenvalue weighted by molar-refractivity contribution is 5.73. The van der Waals surface area contributed by atoms with E-state index in [4.69, 9.17) is 5.11 Å². The fourth-order valence-electron chi connectivity index (χ4n) is 3.07. The van der Waals surface area contributed by atoms with Crippen LogP contribution in [0.25, 0.3) is 0 Å².